The number of aryl methyl sites for hydroxylation is 1. The molecule has 0 bridgehead atoms. The number of nitrogens with one attached hydrogen (secondary N) is 1. The molecule has 0 amide bonds. The molecule has 1 aromatic heterocycles. The molecule has 1 aromatic carbocycles. The van der Waals surface area contributed by atoms with Crippen molar-refractivity contribution in [2.24, 2.45) is 0 Å². The number of thiophene rings is 1. The van der Waals surface area contributed by atoms with Crippen molar-refractivity contribution in [3.63, 3.8) is 0 Å². The van der Waals surface area contributed by atoms with Crippen LogP contribution in [0.1, 0.15) is 17.4 Å². The minimum absolute atomic E-state index is 0.972. The van der Waals surface area contributed by atoms with Crippen molar-refractivity contribution in [2.45, 2.75) is 19.9 Å². The van der Waals surface area contributed by atoms with Crippen LogP contribution in [0.15, 0.2) is 41.8 Å². The van der Waals surface area contributed by atoms with E-state index in [1.165, 1.54) is 16.1 Å². The van der Waals surface area contributed by atoms with Crippen LogP contribution in [0.25, 0.3) is 0 Å². The van der Waals surface area contributed by atoms with E-state index in [2.05, 4.69) is 66.0 Å². The van der Waals surface area contributed by atoms with E-state index in [1.54, 1.807) is 11.3 Å². The Labute approximate surface area is 120 Å². The molecular weight excluding hydrogens is 252 g/mol. The van der Waals surface area contributed by atoms with Crippen molar-refractivity contribution in [1.29, 1.82) is 0 Å². The fourth-order valence-corrected chi connectivity index (χ4v) is 2.66. The van der Waals surface area contributed by atoms with Crippen molar-refractivity contribution < 1.29 is 0 Å². The van der Waals surface area contributed by atoms with Gasteiger partial charge in [-0.2, -0.15) is 0 Å². The molecule has 2 aromatic rings. The fraction of sp³-hybridized carbons (Fsp3) is 0.375. The molecule has 102 valence electrons. The van der Waals surface area contributed by atoms with E-state index >= 15 is 0 Å². The smallest absolute Gasteiger partial charge is 0.0364 e. The largest absolute Gasteiger partial charge is 0.373 e. The van der Waals surface area contributed by atoms with E-state index in [9.17, 15) is 0 Å². The second kappa shape index (κ2) is 7.31. The molecule has 1 heterocycles. The van der Waals surface area contributed by atoms with Crippen LogP contribution in [-0.2, 0) is 13.0 Å². The molecule has 3 heteroatoms. The predicted molar refractivity (Wildman–Crippen MR) is 85.1 cm³/mol. The maximum Gasteiger partial charge on any atom is 0.0364 e. The molecule has 0 unspecified atom stereocenters. The number of benzene rings is 1. The van der Waals surface area contributed by atoms with E-state index in [0.29, 0.717) is 0 Å². The number of nitrogens with zero attached hydrogens (tertiary/aromatic N) is 1. The second-order valence-corrected chi connectivity index (χ2v) is 5.73. The van der Waals surface area contributed by atoms with E-state index < -0.39 is 0 Å². The zero-order valence-corrected chi connectivity index (χ0v) is 12.5. The lowest BCUT2D eigenvalue weighted by molar-refractivity contribution is 0.685. The second-order valence-electron chi connectivity index (χ2n) is 4.70. The Morgan fingerprint density at radius 3 is 2.58 bits per heavy atom. The van der Waals surface area contributed by atoms with E-state index in [1.807, 2.05) is 0 Å². The summed E-state index contributed by atoms with van der Waals surface area (Å²) in [7, 11) is 2.15. The Balaban J connectivity index is 1.72. The molecule has 0 saturated heterocycles. The van der Waals surface area contributed by atoms with Crippen molar-refractivity contribution in [3.8, 4) is 0 Å². The first kappa shape index (κ1) is 14.1. The van der Waals surface area contributed by atoms with Gasteiger partial charge in [-0.05, 0) is 35.6 Å². The summed E-state index contributed by atoms with van der Waals surface area (Å²) in [6.45, 7) is 5.19. The zero-order chi connectivity index (χ0) is 13.5. The summed E-state index contributed by atoms with van der Waals surface area (Å²) in [5, 5.41) is 5.60. The number of likely N-dealkylation sites (N-methyl/N-ethyl adjacent to an activating group) is 1. The maximum absolute atomic E-state index is 3.48. The van der Waals surface area contributed by atoms with Crippen LogP contribution in [-0.4, -0.2) is 20.1 Å². The molecular formula is C16H22N2S. The first-order chi connectivity index (χ1) is 9.29. The summed E-state index contributed by atoms with van der Waals surface area (Å²) >= 11 is 1.81. The summed E-state index contributed by atoms with van der Waals surface area (Å²) < 4.78 is 0. The first-order valence-electron chi connectivity index (χ1n) is 6.82. The van der Waals surface area contributed by atoms with Gasteiger partial charge in [-0.25, -0.2) is 0 Å². The summed E-state index contributed by atoms with van der Waals surface area (Å²) in [5.41, 5.74) is 2.68. The lowest BCUT2D eigenvalue weighted by Gasteiger charge is -2.19. The highest BCUT2D eigenvalue weighted by Crippen LogP contribution is 2.13. The Morgan fingerprint density at radius 2 is 1.95 bits per heavy atom. The Hall–Kier alpha value is -1.32. The van der Waals surface area contributed by atoms with Gasteiger partial charge in [0, 0.05) is 37.2 Å². The molecule has 1 N–H and O–H groups in total. The van der Waals surface area contributed by atoms with Crippen LogP contribution in [0.3, 0.4) is 0 Å². The average Bonchev–Trinajstić information content (AvgIpc) is 2.96. The monoisotopic (exact) mass is 274 g/mol. The van der Waals surface area contributed by atoms with E-state index in [4.69, 9.17) is 0 Å². The highest BCUT2D eigenvalue weighted by Gasteiger charge is 2.00. The summed E-state index contributed by atoms with van der Waals surface area (Å²) in [4.78, 5) is 3.69. The minimum atomic E-state index is 0.972. The van der Waals surface area contributed by atoms with Crippen LogP contribution in [0.2, 0.25) is 0 Å². The minimum Gasteiger partial charge on any atom is -0.373 e. The molecule has 0 spiro atoms. The molecule has 0 aliphatic rings. The molecule has 0 radical (unpaired) electrons. The van der Waals surface area contributed by atoms with Crippen LogP contribution in [0, 0.1) is 0 Å². The maximum atomic E-state index is 3.48. The molecule has 0 atom stereocenters. The Kier molecular flexibility index (Phi) is 5.43. The molecule has 2 nitrogen and oxygen atoms in total. The van der Waals surface area contributed by atoms with Crippen molar-refractivity contribution in [2.75, 3.05) is 25.0 Å². The highest BCUT2D eigenvalue weighted by molar-refractivity contribution is 7.09. The number of hydrogen-bond acceptors (Lipinski definition) is 3. The number of rotatable bonds is 7. The highest BCUT2D eigenvalue weighted by atomic mass is 32.1. The SMILES string of the molecule is CCc1ccc(N(C)CCNCc2cccs2)cc1. The number of hydrogen-bond donors (Lipinski definition) is 1. The van der Waals surface area contributed by atoms with Crippen LogP contribution in [0.5, 0.6) is 0 Å². The van der Waals surface area contributed by atoms with E-state index in [0.717, 1.165) is 26.1 Å². The number of anilines is 1. The van der Waals surface area contributed by atoms with Gasteiger partial charge in [0.05, 0.1) is 0 Å². The van der Waals surface area contributed by atoms with Gasteiger partial charge >= 0.3 is 0 Å². The van der Waals surface area contributed by atoms with Gasteiger partial charge in [0.25, 0.3) is 0 Å². The first-order valence-corrected chi connectivity index (χ1v) is 7.70. The summed E-state index contributed by atoms with van der Waals surface area (Å²) in [6.07, 6.45) is 1.10. The topological polar surface area (TPSA) is 15.3 Å². The van der Waals surface area contributed by atoms with Gasteiger partial charge in [0.1, 0.15) is 0 Å². The third kappa shape index (κ3) is 4.37. The van der Waals surface area contributed by atoms with Gasteiger partial charge in [0.15, 0.2) is 0 Å². The third-order valence-electron chi connectivity index (χ3n) is 3.29. The third-order valence-corrected chi connectivity index (χ3v) is 4.17. The molecule has 0 aliphatic heterocycles. The van der Waals surface area contributed by atoms with E-state index in [-0.39, 0.29) is 0 Å². The Morgan fingerprint density at radius 1 is 1.16 bits per heavy atom. The van der Waals surface area contributed by atoms with Crippen LogP contribution < -0.4 is 10.2 Å². The summed E-state index contributed by atoms with van der Waals surface area (Å²) in [6, 6.07) is 13.1. The molecule has 0 aliphatic carbocycles. The fourth-order valence-electron chi connectivity index (χ4n) is 1.99. The van der Waals surface area contributed by atoms with Gasteiger partial charge < -0.3 is 10.2 Å². The quantitative estimate of drug-likeness (QED) is 0.777. The standard InChI is InChI=1S/C16H22N2S/c1-3-14-6-8-15(9-7-14)18(2)11-10-17-13-16-5-4-12-19-16/h4-9,12,17H,3,10-11,13H2,1-2H3. The molecule has 0 saturated carbocycles. The molecule has 19 heavy (non-hydrogen) atoms. The van der Waals surface area contributed by atoms with Gasteiger partial charge in [-0.3, -0.25) is 0 Å². The van der Waals surface area contributed by atoms with Gasteiger partial charge in [0.2, 0.25) is 0 Å². The predicted octanol–water partition coefficient (Wildman–Crippen LogP) is 3.54. The van der Waals surface area contributed by atoms with Crippen molar-refractivity contribution >= 4 is 17.0 Å². The van der Waals surface area contributed by atoms with Crippen molar-refractivity contribution in [1.82, 2.24) is 5.32 Å². The van der Waals surface area contributed by atoms with Gasteiger partial charge in [-0.15, -0.1) is 11.3 Å². The van der Waals surface area contributed by atoms with Crippen molar-refractivity contribution in [3.05, 3.63) is 52.2 Å². The lowest BCUT2D eigenvalue weighted by Crippen LogP contribution is -2.28. The molecule has 0 fully saturated rings. The zero-order valence-electron chi connectivity index (χ0n) is 11.7. The molecule has 2 rings (SSSR count). The Bertz CT molecular complexity index is 462. The average molecular weight is 274 g/mol. The lowest BCUT2D eigenvalue weighted by atomic mass is 10.1. The van der Waals surface area contributed by atoms with Gasteiger partial charge in [-0.1, -0.05) is 25.1 Å². The summed E-state index contributed by atoms with van der Waals surface area (Å²) in [5.74, 6) is 0. The van der Waals surface area contributed by atoms with Crippen LogP contribution >= 0.6 is 11.3 Å². The van der Waals surface area contributed by atoms with Crippen LogP contribution in [0.4, 0.5) is 5.69 Å². The normalized spacial score (nSPS) is 10.6.